The number of aromatic nitrogens is 1. The molecule has 48 heavy (non-hydrogen) atoms. The fourth-order valence-electron chi connectivity index (χ4n) is 5.03. The minimum absolute atomic E-state index is 0.0203. The van der Waals surface area contributed by atoms with E-state index in [1.54, 1.807) is 25.1 Å². The van der Waals surface area contributed by atoms with Crippen LogP contribution in [0.4, 0.5) is 26.3 Å². The van der Waals surface area contributed by atoms with Crippen LogP contribution in [-0.2, 0) is 15.1 Å². The van der Waals surface area contributed by atoms with E-state index in [4.69, 9.17) is 16.7 Å². The number of benzene rings is 1. The molecule has 0 fully saturated rings. The Morgan fingerprint density at radius 2 is 1.75 bits per heavy atom. The van der Waals surface area contributed by atoms with E-state index in [1.807, 2.05) is 19.1 Å². The Kier molecular flexibility index (Phi) is 18.0. The van der Waals surface area contributed by atoms with Crippen LogP contribution >= 0.6 is 11.6 Å². The number of hydrogen-bond acceptors (Lipinski definition) is 4. The highest BCUT2D eigenvalue weighted by atomic mass is 35.5. The standard InChI is InChI=1S/C35H39ClF6N2O2.CH4O/c1-5-8-15-26(7-3)22-33(30-21-20-28(36)23-43-30,25(4)14-13-19-29(18-9-6-2)46-35(40,41)42)44-32(45)31(34(38,39)24-37)27-16-11-10-12-17-27;1-2/h5-8,10-12,14,16-18,20-21,23,26,31H,2-3,9,13,15,19,22,24H2,1,4H3,(H,44,45);2H,1H3/b8-5-,25-14+,29-18-;/t26?,31-,33+;/m1./s1. The van der Waals surface area contributed by atoms with Crippen molar-refractivity contribution in [1.82, 2.24) is 10.3 Å². The van der Waals surface area contributed by atoms with Crippen LogP contribution in [0, 0.1) is 5.92 Å². The number of nitrogens with zero attached hydrogens (tertiary/aromatic N) is 1. The highest BCUT2D eigenvalue weighted by molar-refractivity contribution is 6.30. The Labute approximate surface area is 283 Å². The summed E-state index contributed by atoms with van der Waals surface area (Å²) in [5, 5.41) is 10.1. The molecule has 264 valence electrons. The molecule has 1 aromatic carbocycles. The highest BCUT2D eigenvalue weighted by Crippen LogP contribution is 2.41. The number of halogens is 7. The summed E-state index contributed by atoms with van der Waals surface area (Å²) in [6.45, 7) is 8.78. The monoisotopic (exact) mass is 700 g/mol. The molecule has 1 heterocycles. The van der Waals surface area contributed by atoms with Crippen molar-refractivity contribution in [2.24, 2.45) is 5.92 Å². The molecule has 0 saturated carbocycles. The molecule has 1 amide bonds. The normalized spacial score (nSPS) is 15.1. The maximum Gasteiger partial charge on any atom is 0.572 e. The van der Waals surface area contributed by atoms with Crippen molar-refractivity contribution in [1.29, 1.82) is 0 Å². The second-order valence-electron chi connectivity index (χ2n) is 10.7. The molecule has 1 aromatic heterocycles. The molecule has 0 radical (unpaired) electrons. The Balaban J connectivity index is 0.00000565. The number of rotatable bonds is 18. The lowest BCUT2D eigenvalue weighted by molar-refractivity contribution is -0.306. The van der Waals surface area contributed by atoms with Gasteiger partial charge in [0.15, 0.2) is 6.67 Å². The third-order valence-corrected chi connectivity index (χ3v) is 7.57. The number of alkyl halides is 6. The molecule has 12 heteroatoms. The van der Waals surface area contributed by atoms with Crippen molar-refractivity contribution in [2.45, 2.75) is 69.7 Å². The van der Waals surface area contributed by atoms with Gasteiger partial charge in [0.25, 0.3) is 5.92 Å². The summed E-state index contributed by atoms with van der Waals surface area (Å²) in [6, 6.07) is 10.2. The summed E-state index contributed by atoms with van der Waals surface area (Å²) in [4.78, 5) is 18.5. The molecular formula is C36H43ClF6N2O3. The lowest BCUT2D eigenvalue weighted by Crippen LogP contribution is -2.52. The van der Waals surface area contributed by atoms with Crippen LogP contribution in [0.1, 0.15) is 63.1 Å². The SMILES string of the molecule is C=CC/C=C(/CC/C=C(\C)[C@](CC(C=C)C/C=C\C)(NC(=O)[C@@H](c1ccccc1)C(F)(F)CF)c1ccc(Cl)cn1)OC(F)(F)F.CO. The van der Waals surface area contributed by atoms with Gasteiger partial charge in [-0.3, -0.25) is 9.78 Å². The van der Waals surface area contributed by atoms with Crippen LogP contribution in [0.2, 0.25) is 5.02 Å². The highest BCUT2D eigenvalue weighted by Gasteiger charge is 2.49. The first-order chi connectivity index (χ1) is 22.7. The largest absolute Gasteiger partial charge is 0.572 e. The smallest absolute Gasteiger partial charge is 0.411 e. The van der Waals surface area contributed by atoms with Gasteiger partial charge in [-0.2, -0.15) is 0 Å². The first kappa shape index (κ1) is 42.2. The zero-order valence-corrected chi connectivity index (χ0v) is 28.0. The van der Waals surface area contributed by atoms with Crippen LogP contribution in [0.5, 0.6) is 0 Å². The number of hydrogen-bond donors (Lipinski definition) is 2. The fourth-order valence-corrected chi connectivity index (χ4v) is 5.14. The van der Waals surface area contributed by atoms with Gasteiger partial charge in [0, 0.05) is 19.7 Å². The van der Waals surface area contributed by atoms with Crippen LogP contribution in [0.3, 0.4) is 0 Å². The number of aliphatic hydroxyl groups is 1. The minimum atomic E-state index is -4.91. The van der Waals surface area contributed by atoms with E-state index in [1.165, 1.54) is 54.7 Å². The lowest BCUT2D eigenvalue weighted by Gasteiger charge is -2.39. The molecule has 0 bridgehead atoms. The van der Waals surface area contributed by atoms with Gasteiger partial charge in [-0.25, -0.2) is 13.2 Å². The maximum atomic E-state index is 15.2. The van der Waals surface area contributed by atoms with Gasteiger partial charge < -0.3 is 15.2 Å². The molecule has 2 N–H and O–H groups in total. The Hall–Kier alpha value is -3.83. The molecule has 0 spiro atoms. The van der Waals surface area contributed by atoms with E-state index >= 15 is 8.78 Å². The van der Waals surface area contributed by atoms with E-state index in [2.05, 4.69) is 28.2 Å². The summed E-state index contributed by atoms with van der Waals surface area (Å²) < 4.78 is 87.5. The maximum absolute atomic E-state index is 15.2. The van der Waals surface area contributed by atoms with Gasteiger partial charge >= 0.3 is 6.36 Å². The molecular weight excluding hydrogens is 658 g/mol. The van der Waals surface area contributed by atoms with Crippen molar-refractivity contribution in [3.8, 4) is 0 Å². The van der Waals surface area contributed by atoms with E-state index in [0.29, 0.717) is 12.0 Å². The van der Waals surface area contributed by atoms with Crippen LogP contribution in [0.15, 0.2) is 110 Å². The van der Waals surface area contributed by atoms with Crippen LogP contribution in [0.25, 0.3) is 0 Å². The number of nitrogens with one attached hydrogen (secondary N) is 1. The third-order valence-electron chi connectivity index (χ3n) is 7.35. The number of ether oxygens (including phenoxy) is 1. The quantitative estimate of drug-likeness (QED) is 0.0923. The molecule has 2 aromatic rings. The van der Waals surface area contributed by atoms with Crippen molar-refractivity contribution in [3.05, 3.63) is 126 Å². The van der Waals surface area contributed by atoms with Crippen LogP contribution in [-0.4, -0.2) is 42.1 Å². The van der Waals surface area contributed by atoms with E-state index in [9.17, 15) is 22.4 Å². The fraction of sp³-hybridized carbons (Fsp3) is 0.389. The van der Waals surface area contributed by atoms with Gasteiger partial charge in [0.05, 0.1) is 10.7 Å². The van der Waals surface area contributed by atoms with Crippen molar-refractivity contribution >= 4 is 17.5 Å². The zero-order chi connectivity index (χ0) is 36.4. The van der Waals surface area contributed by atoms with Gasteiger partial charge in [0.1, 0.15) is 17.2 Å². The molecule has 2 rings (SSSR count). The molecule has 1 unspecified atom stereocenters. The third kappa shape index (κ3) is 13.0. The van der Waals surface area contributed by atoms with Crippen molar-refractivity contribution in [3.63, 3.8) is 0 Å². The molecule has 0 aliphatic carbocycles. The molecule has 0 aliphatic rings. The summed E-state index contributed by atoms with van der Waals surface area (Å²) in [6.07, 6.45) is 6.59. The number of amides is 1. The zero-order valence-electron chi connectivity index (χ0n) is 27.3. The number of aliphatic hydroxyl groups excluding tert-OH is 1. The van der Waals surface area contributed by atoms with Crippen molar-refractivity contribution in [2.75, 3.05) is 13.8 Å². The lowest BCUT2D eigenvalue weighted by atomic mass is 9.76. The Bertz CT molecular complexity index is 1380. The Morgan fingerprint density at radius 3 is 2.27 bits per heavy atom. The molecule has 3 atom stereocenters. The first-order valence-electron chi connectivity index (χ1n) is 15.1. The number of carbonyl (C=O) groups excluding carboxylic acids is 1. The van der Waals surface area contributed by atoms with Crippen LogP contribution < -0.4 is 5.32 Å². The number of allylic oxidation sites excluding steroid dienone is 7. The number of pyridine rings is 1. The number of carbonyl (C=O) groups is 1. The van der Waals surface area contributed by atoms with E-state index in [-0.39, 0.29) is 53.6 Å². The van der Waals surface area contributed by atoms with E-state index < -0.39 is 36.3 Å². The minimum Gasteiger partial charge on any atom is -0.411 e. The van der Waals surface area contributed by atoms with E-state index in [0.717, 1.165) is 7.11 Å². The second-order valence-corrected chi connectivity index (χ2v) is 11.1. The average Bonchev–Trinajstić information content (AvgIpc) is 3.05. The first-order valence-corrected chi connectivity index (χ1v) is 15.4. The predicted molar refractivity (Wildman–Crippen MR) is 178 cm³/mol. The van der Waals surface area contributed by atoms with Crippen molar-refractivity contribution < 1.29 is 41.0 Å². The Morgan fingerprint density at radius 1 is 1.08 bits per heavy atom. The van der Waals surface area contributed by atoms with Gasteiger partial charge in [-0.1, -0.05) is 72.3 Å². The topological polar surface area (TPSA) is 71.5 Å². The molecule has 0 aliphatic heterocycles. The summed E-state index contributed by atoms with van der Waals surface area (Å²) in [5.74, 6) is -8.10. The molecule has 0 saturated heterocycles. The predicted octanol–water partition coefficient (Wildman–Crippen LogP) is 9.92. The second kappa shape index (κ2) is 20.5. The summed E-state index contributed by atoms with van der Waals surface area (Å²) in [5.41, 5.74) is -1.06. The van der Waals surface area contributed by atoms with Gasteiger partial charge in [-0.15, -0.1) is 26.3 Å². The summed E-state index contributed by atoms with van der Waals surface area (Å²) >= 11 is 6.12. The summed E-state index contributed by atoms with van der Waals surface area (Å²) in [7, 11) is 1.00. The van der Waals surface area contributed by atoms with Gasteiger partial charge in [-0.05, 0) is 74.8 Å². The van der Waals surface area contributed by atoms with Gasteiger partial charge in [0.2, 0.25) is 5.91 Å². The molecule has 5 nitrogen and oxygen atoms in total. The average molecular weight is 701 g/mol.